The summed E-state index contributed by atoms with van der Waals surface area (Å²) in [6, 6.07) is 17.3. The average molecular weight is 409 g/mol. The molecule has 0 saturated carbocycles. The minimum absolute atomic E-state index is 0.106. The van der Waals surface area contributed by atoms with Crippen LogP contribution in [0.25, 0.3) is 10.9 Å². The number of rotatable bonds is 6. The fraction of sp³-hybridized carbons (Fsp3) is 0.375. The number of nitrogens with one attached hydrogen (secondary N) is 1. The molecule has 0 radical (unpaired) electrons. The molecule has 30 heavy (non-hydrogen) atoms. The third kappa shape index (κ3) is 3.86. The molecule has 6 nitrogen and oxygen atoms in total. The number of H-pyrrole nitrogens is 1. The molecule has 1 fully saturated rings. The first kappa shape index (κ1) is 20.6. The van der Waals surface area contributed by atoms with E-state index in [4.69, 9.17) is 18.9 Å². The number of aromatic nitrogens is 1. The van der Waals surface area contributed by atoms with Gasteiger partial charge in [0.1, 0.15) is 23.6 Å². The maximum atomic E-state index is 11.5. The van der Waals surface area contributed by atoms with Gasteiger partial charge in [-0.15, -0.1) is 0 Å². The third-order valence-electron chi connectivity index (χ3n) is 5.91. The Morgan fingerprint density at radius 3 is 2.80 bits per heavy atom. The monoisotopic (exact) mass is 409 g/mol. The third-order valence-corrected chi connectivity index (χ3v) is 5.91. The van der Waals surface area contributed by atoms with Crippen LogP contribution in [0.2, 0.25) is 0 Å². The van der Waals surface area contributed by atoms with Gasteiger partial charge in [-0.3, -0.25) is 4.79 Å². The molecule has 0 spiro atoms. The first-order chi connectivity index (χ1) is 14.6. The lowest BCUT2D eigenvalue weighted by molar-refractivity contribution is -0.186. The molecule has 2 heterocycles. The lowest BCUT2D eigenvalue weighted by Crippen LogP contribution is -2.49. The van der Waals surface area contributed by atoms with Crippen LogP contribution in [0.1, 0.15) is 30.6 Å². The van der Waals surface area contributed by atoms with Gasteiger partial charge in [0.25, 0.3) is 0 Å². The predicted octanol–water partition coefficient (Wildman–Crippen LogP) is 3.95. The fourth-order valence-corrected chi connectivity index (χ4v) is 4.18. The number of hydrogen-bond donors (Lipinski definition) is 1. The van der Waals surface area contributed by atoms with Crippen molar-refractivity contribution < 1.29 is 18.9 Å². The van der Waals surface area contributed by atoms with Gasteiger partial charge in [-0.25, -0.2) is 0 Å². The molecule has 1 aliphatic rings. The SMILES string of the molecule is COC1COCCC1(OC)c1cccc(OC(C)c2ccc3[nH]c(=O)ccc3c2)c1. The molecule has 4 rings (SSSR count). The van der Waals surface area contributed by atoms with Crippen molar-refractivity contribution in [2.45, 2.75) is 31.2 Å². The van der Waals surface area contributed by atoms with Crippen LogP contribution in [-0.4, -0.2) is 38.5 Å². The van der Waals surface area contributed by atoms with Gasteiger partial charge >= 0.3 is 0 Å². The summed E-state index contributed by atoms with van der Waals surface area (Å²) in [5.41, 5.74) is 2.19. The molecular weight excluding hydrogens is 382 g/mol. The molecule has 3 atom stereocenters. The van der Waals surface area contributed by atoms with Crippen molar-refractivity contribution >= 4 is 10.9 Å². The van der Waals surface area contributed by atoms with Crippen LogP contribution in [0.3, 0.4) is 0 Å². The van der Waals surface area contributed by atoms with Gasteiger partial charge in [0.15, 0.2) is 0 Å². The highest BCUT2D eigenvalue weighted by Crippen LogP contribution is 2.39. The van der Waals surface area contributed by atoms with Gasteiger partial charge in [-0.2, -0.15) is 0 Å². The number of methoxy groups -OCH3 is 2. The summed E-state index contributed by atoms with van der Waals surface area (Å²) in [6.45, 7) is 3.12. The van der Waals surface area contributed by atoms with Crippen molar-refractivity contribution in [2.24, 2.45) is 0 Å². The normalized spacial score (nSPS) is 22.7. The summed E-state index contributed by atoms with van der Waals surface area (Å²) in [5.74, 6) is 0.763. The quantitative estimate of drug-likeness (QED) is 0.668. The molecule has 158 valence electrons. The zero-order valence-corrected chi connectivity index (χ0v) is 17.5. The van der Waals surface area contributed by atoms with Crippen molar-refractivity contribution in [2.75, 3.05) is 27.4 Å². The van der Waals surface area contributed by atoms with Gasteiger partial charge in [-0.1, -0.05) is 18.2 Å². The summed E-state index contributed by atoms with van der Waals surface area (Å²) in [6.07, 6.45) is 0.360. The Balaban J connectivity index is 1.59. The Labute approximate surface area is 175 Å². The molecule has 1 aliphatic heterocycles. The van der Waals surface area contributed by atoms with Crippen LogP contribution in [0.4, 0.5) is 0 Å². The highest BCUT2D eigenvalue weighted by molar-refractivity contribution is 5.79. The molecule has 6 heteroatoms. The molecule has 1 saturated heterocycles. The van der Waals surface area contributed by atoms with E-state index in [1.165, 1.54) is 6.07 Å². The van der Waals surface area contributed by atoms with Crippen LogP contribution in [0.15, 0.2) is 59.4 Å². The minimum atomic E-state index is -0.565. The fourth-order valence-electron chi connectivity index (χ4n) is 4.18. The highest BCUT2D eigenvalue weighted by Gasteiger charge is 2.44. The molecule has 3 aromatic rings. The smallest absolute Gasteiger partial charge is 0.248 e. The molecule has 3 unspecified atom stereocenters. The molecule has 0 aliphatic carbocycles. The second-order valence-corrected chi connectivity index (χ2v) is 7.60. The van der Waals surface area contributed by atoms with Gasteiger partial charge in [0.05, 0.1) is 6.61 Å². The van der Waals surface area contributed by atoms with Crippen LogP contribution in [0, 0.1) is 0 Å². The number of ether oxygens (including phenoxy) is 4. The minimum Gasteiger partial charge on any atom is -0.486 e. The van der Waals surface area contributed by atoms with Crippen molar-refractivity contribution in [3.8, 4) is 5.75 Å². The summed E-state index contributed by atoms with van der Waals surface area (Å²) >= 11 is 0. The molecule has 1 N–H and O–H groups in total. The van der Waals surface area contributed by atoms with E-state index in [-0.39, 0.29) is 17.8 Å². The lowest BCUT2D eigenvalue weighted by Gasteiger charge is -2.42. The van der Waals surface area contributed by atoms with Crippen LogP contribution in [0.5, 0.6) is 5.75 Å². The Kier molecular flexibility index (Phi) is 5.90. The summed E-state index contributed by atoms with van der Waals surface area (Å²) < 4.78 is 23.5. The molecule has 1 aromatic heterocycles. The Hall–Kier alpha value is -2.67. The van der Waals surface area contributed by atoms with E-state index in [1.54, 1.807) is 14.2 Å². The summed E-state index contributed by atoms with van der Waals surface area (Å²) in [5, 5.41) is 0.972. The van der Waals surface area contributed by atoms with Crippen LogP contribution in [-0.2, 0) is 19.8 Å². The largest absolute Gasteiger partial charge is 0.486 e. The highest BCUT2D eigenvalue weighted by atomic mass is 16.6. The molecular formula is C24H27NO5. The van der Waals surface area contributed by atoms with E-state index in [9.17, 15) is 4.79 Å². The van der Waals surface area contributed by atoms with Gasteiger partial charge in [0, 0.05) is 38.8 Å². The molecule has 2 aromatic carbocycles. The maximum Gasteiger partial charge on any atom is 0.248 e. The first-order valence-corrected chi connectivity index (χ1v) is 10.1. The van der Waals surface area contributed by atoms with E-state index in [0.717, 1.165) is 27.8 Å². The molecule has 0 bridgehead atoms. The number of fused-ring (bicyclic) bond motifs is 1. The zero-order chi connectivity index (χ0) is 21.1. The Morgan fingerprint density at radius 1 is 1.13 bits per heavy atom. The van der Waals surface area contributed by atoms with Crippen molar-refractivity contribution in [1.82, 2.24) is 4.98 Å². The number of pyridine rings is 1. The van der Waals surface area contributed by atoms with E-state index in [1.807, 2.05) is 55.5 Å². The zero-order valence-electron chi connectivity index (χ0n) is 17.5. The van der Waals surface area contributed by atoms with E-state index in [0.29, 0.717) is 19.6 Å². The van der Waals surface area contributed by atoms with Gasteiger partial charge < -0.3 is 23.9 Å². The lowest BCUT2D eigenvalue weighted by atomic mass is 9.83. The van der Waals surface area contributed by atoms with Crippen molar-refractivity contribution in [1.29, 1.82) is 0 Å². The van der Waals surface area contributed by atoms with Gasteiger partial charge in [0.2, 0.25) is 5.56 Å². The first-order valence-electron chi connectivity index (χ1n) is 10.1. The molecule has 0 amide bonds. The summed E-state index contributed by atoms with van der Waals surface area (Å²) in [4.78, 5) is 14.3. The van der Waals surface area contributed by atoms with Crippen LogP contribution < -0.4 is 10.3 Å². The average Bonchev–Trinajstić information content (AvgIpc) is 2.78. The van der Waals surface area contributed by atoms with E-state index < -0.39 is 5.60 Å². The number of aromatic amines is 1. The van der Waals surface area contributed by atoms with Crippen molar-refractivity contribution in [3.63, 3.8) is 0 Å². The number of hydrogen-bond acceptors (Lipinski definition) is 5. The van der Waals surface area contributed by atoms with E-state index >= 15 is 0 Å². The number of benzene rings is 2. The van der Waals surface area contributed by atoms with Gasteiger partial charge in [-0.05, 0) is 53.8 Å². The van der Waals surface area contributed by atoms with Crippen molar-refractivity contribution in [3.05, 3.63) is 76.1 Å². The second-order valence-electron chi connectivity index (χ2n) is 7.60. The summed E-state index contributed by atoms with van der Waals surface area (Å²) in [7, 11) is 3.40. The predicted molar refractivity (Wildman–Crippen MR) is 115 cm³/mol. The Morgan fingerprint density at radius 2 is 2.00 bits per heavy atom. The topological polar surface area (TPSA) is 69.8 Å². The standard InChI is InChI=1S/C24H27NO5/c1-16(17-7-9-21-18(13-17)8-10-23(26)25-21)30-20-6-4-5-19(14-20)24(28-3)11-12-29-15-22(24)27-2/h4-10,13-14,16,22H,11-12,15H2,1-3H3,(H,25,26). The maximum absolute atomic E-state index is 11.5. The Bertz CT molecular complexity index is 1080. The van der Waals surface area contributed by atoms with Crippen LogP contribution >= 0.6 is 0 Å². The van der Waals surface area contributed by atoms with E-state index in [2.05, 4.69) is 4.98 Å². The second kappa shape index (κ2) is 8.60.